The Bertz CT molecular complexity index is 687. The summed E-state index contributed by atoms with van der Waals surface area (Å²) in [6.07, 6.45) is 0.866. The molecule has 0 unspecified atom stereocenters. The lowest BCUT2D eigenvalue weighted by Gasteiger charge is -2.34. The van der Waals surface area contributed by atoms with Gasteiger partial charge in [-0.25, -0.2) is 4.79 Å². The molecule has 0 fully saturated rings. The molecule has 0 spiro atoms. The zero-order chi connectivity index (χ0) is 15.0. The van der Waals surface area contributed by atoms with Gasteiger partial charge in [-0.2, -0.15) is 0 Å². The summed E-state index contributed by atoms with van der Waals surface area (Å²) in [6, 6.07) is 6.29. The summed E-state index contributed by atoms with van der Waals surface area (Å²) in [5.74, 6) is 0. The van der Waals surface area contributed by atoms with E-state index in [9.17, 15) is 4.79 Å². The minimum atomic E-state index is -0.121. The Morgan fingerprint density at radius 1 is 1.43 bits per heavy atom. The molecule has 0 aliphatic carbocycles. The van der Waals surface area contributed by atoms with E-state index in [-0.39, 0.29) is 12.1 Å². The molecule has 0 bridgehead atoms. The average Bonchev–Trinajstić information content (AvgIpc) is 2.83. The molecule has 0 saturated heterocycles. The average molecular weight is 367 g/mol. The van der Waals surface area contributed by atoms with E-state index in [1.807, 2.05) is 17.9 Å². The molecule has 7 heteroatoms. The van der Waals surface area contributed by atoms with Crippen LogP contribution in [0.25, 0.3) is 0 Å². The Kier molecular flexibility index (Phi) is 3.95. The molecule has 1 atom stereocenters. The Morgan fingerprint density at radius 2 is 2.24 bits per heavy atom. The lowest BCUT2D eigenvalue weighted by atomic mass is 9.95. The molecule has 1 N–H and O–H groups in total. The number of halogens is 1. The van der Waals surface area contributed by atoms with Crippen LogP contribution in [0.1, 0.15) is 23.1 Å². The van der Waals surface area contributed by atoms with Gasteiger partial charge in [-0.15, -0.1) is 10.2 Å². The van der Waals surface area contributed by atoms with Crippen LogP contribution in [0, 0.1) is 6.92 Å². The molecule has 5 nitrogen and oxygen atoms in total. The maximum Gasteiger partial charge on any atom is 0.324 e. The highest BCUT2D eigenvalue weighted by atomic mass is 79.9. The van der Waals surface area contributed by atoms with Gasteiger partial charge in [0.25, 0.3) is 0 Å². The number of rotatable bonds is 1. The summed E-state index contributed by atoms with van der Waals surface area (Å²) < 4.78 is 1.04. The first kappa shape index (κ1) is 14.5. The summed E-state index contributed by atoms with van der Waals surface area (Å²) in [6.45, 7) is 4.54. The predicted octanol–water partition coefficient (Wildman–Crippen LogP) is 3.59. The van der Waals surface area contributed by atoms with E-state index in [2.05, 4.69) is 50.5 Å². The Balaban J connectivity index is 1.77. The smallest absolute Gasteiger partial charge is 0.317 e. The maximum absolute atomic E-state index is 12.4. The number of carbonyl (C=O) groups is 1. The number of carbonyl (C=O) groups excluding carboxylic acids is 1. The van der Waals surface area contributed by atoms with E-state index in [4.69, 9.17) is 0 Å². The molecule has 1 aliphatic heterocycles. The molecule has 1 aliphatic rings. The monoisotopic (exact) mass is 366 g/mol. The molecule has 2 heterocycles. The Labute approximate surface area is 135 Å². The normalized spacial score (nSPS) is 17.5. The predicted molar refractivity (Wildman–Crippen MR) is 86.5 cm³/mol. The summed E-state index contributed by atoms with van der Waals surface area (Å²) in [7, 11) is 0. The third kappa shape index (κ3) is 3.08. The van der Waals surface area contributed by atoms with Crippen molar-refractivity contribution in [3.05, 3.63) is 38.8 Å². The fraction of sp³-hybridized carbons (Fsp3) is 0.357. The number of fused-ring (bicyclic) bond motifs is 1. The quantitative estimate of drug-likeness (QED) is 0.838. The fourth-order valence-corrected chi connectivity index (χ4v) is 3.48. The second-order valence-corrected chi connectivity index (χ2v) is 7.25. The lowest BCUT2D eigenvalue weighted by Crippen LogP contribution is -2.44. The molecule has 1 aromatic heterocycles. The number of anilines is 1. The van der Waals surface area contributed by atoms with Gasteiger partial charge in [0.15, 0.2) is 0 Å². The first-order valence-electron chi connectivity index (χ1n) is 6.68. The highest BCUT2D eigenvalue weighted by Crippen LogP contribution is 2.27. The SMILES string of the molecule is Cc1nnc(NC(=O)N2Cc3cc(Br)ccc3C[C@@H]2C)s1. The van der Waals surface area contributed by atoms with E-state index in [0.29, 0.717) is 11.7 Å². The van der Waals surface area contributed by atoms with Crippen molar-refractivity contribution in [2.24, 2.45) is 0 Å². The van der Waals surface area contributed by atoms with E-state index >= 15 is 0 Å². The first-order chi connectivity index (χ1) is 10.0. The molecular formula is C14H15BrN4OS. The van der Waals surface area contributed by atoms with Gasteiger partial charge in [0.05, 0.1) is 0 Å². The van der Waals surface area contributed by atoms with Crippen molar-refractivity contribution < 1.29 is 4.79 Å². The second-order valence-electron chi connectivity index (χ2n) is 5.15. The van der Waals surface area contributed by atoms with E-state index in [1.165, 1.54) is 22.5 Å². The first-order valence-corrected chi connectivity index (χ1v) is 8.29. The van der Waals surface area contributed by atoms with Crippen molar-refractivity contribution in [3.63, 3.8) is 0 Å². The van der Waals surface area contributed by atoms with Gasteiger partial charge in [0.1, 0.15) is 5.01 Å². The van der Waals surface area contributed by atoms with Gasteiger partial charge in [-0.1, -0.05) is 33.3 Å². The molecular weight excluding hydrogens is 352 g/mol. The van der Waals surface area contributed by atoms with Crippen molar-refractivity contribution in [1.82, 2.24) is 15.1 Å². The van der Waals surface area contributed by atoms with Gasteiger partial charge < -0.3 is 4.90 Å². The number of benzene rings is 1. The van der Waals surface area contributed by atoms with Crippen LogP contribution >= 0.6 is 27.3 Å². The lowest BCUT2D eigenvalue weighted by molar-refractivity contribution is 0.182. The van der Waals surface area contributed by atoms with Crippen LogP contribution in [0.15, 0.2) is 22.7 Å². The van der Waals surface area contributed by atoms with E-state index < -0.39 is 0 Å². The zero-order valence-corrected chi connectivity index (χ0v) is 14.2. The number of hydrogen-bond donors (Lipinski definition) is 1. The van der Waals surface area contributed by atoms with Crippen LogP contribution in [0.5, 0.6) is 0 Å². The molecule has 21 heavy (non-hydrogen) atoms. The van der Waals surface area contributed by atoms with Crippen LogP contribution in [0.4, 0.5) is 9.93 Å². The topological polar surface area (TPSA) is 58.1 Å². The van der Waals surface area contributed by atoms with Crippen molar-refractivity contribution in [1.29, 1.82) is 0 Å². The number of aromatic nitrogens is 2. The molecule has 0 radical (unpaired) electrons. The molecule has 2 aromatic rings. The number of aryl methyl sites for hydroxylation is 1. The van der Waals surface area contributed by atoms with Crippen molar-refractivity contribution >= 4 is 38.4 Å². The molecule has 3 rings (SSSR count). The molecule has 110 valence electrons. The van der Waals surface area contributed by atoms with Crippen molar-refractivity contribution in [2.75, 3.05) is 5.32 Å². The van der Waals surface area contributed by atoms with Gasteiger partial charge in [-0.05, 0) is 43.5 Å². The maximum atomic E-state index is 12.4. The number of hydrogen-bond acceptors (Lipinski definition) is 4. The van der Waals surface area contributed by atoms with Crippen LogP contribution < -0.4 is 5.32 Å². The third-order valence-electron chi connectivity index (χ3n) is 3.56. The van der Waals surface area contributed by atoms with Gasteiger partial charge >= 0.3 is 6.03 Å². The van der Waals surface area contributed by atoms with E-state index in [1.54, 1.807) is 0 Å². The van der Waals surface area contributed by atoms with Crippen LogP contribution in [-0.2, 0) is 13.0 Å². The molecule has 0 saturated carbocycles. The zero-order valence-electron chi connectivity index (χ0n) is 11.8. The molecule has 1 aromatic carbocycles. The van der Waals surface area contributed by atoms with Crippen LogP contribution in [0.3, 0.4) is 0 Å². The number of urea groups is 1. The third-order valence-corrected chi connectivity index (χ3v) is 4.80. The summed E-state index contributed by atoms with van der Waals surface area (Å²) >= 11 is 4.86. The second kappa shape index (κ2) is 5.73. The fourth-order valence-electron chi connectivity index (χ4n) is 2.49. The summed E-state index contributed by atoms with van der Waals surface area (Å²) in [5.41, 5.74) is 2.49. The van der Waals surface area contributed by atoms with Gasteiger partial charge in [0.2, 0.25) is 5.13 Å². The van der Waals surface area contributed by atoms with Gasteiger partial charge in [-0.3, -0.25) is 5.32 Å². The standard InChI is InChI=1S/C14H15BrN4OS/c1-8-5-10-3-4-12(15)6-11(10)7-19(8)14(20)16-13-18-17-9(2)21-13/h3-4,6,8H,5,7H2,1-2H3,(H,16,18,20)/t8-/m0/s1. The highest BCUT2D eigenvalue weighted by molar-refractivity contribution is 9.10. The minimum absolute atomic E-state index is 0.121. The van der Waals surface area contributed by atoms with Crippen LogP contribution in [0.2, 0.25) is 0 Å². The number of amides is 2. The van der Waals surface area contributed by atoms with Crippen LogP contribution in [-0.4, -0.2) is 27.2 Å². The summed E-state index contributed by atoms with van der Waals surface area (Å²) in [5, 5.41) is 12.1. The number of nitrogens with zero attached hydrogens (tertiary/aromatic N) is 3. The van der Waals surface area contributed by atoms with Gasteiger partial charge in [0, 0.05) is 17.1 Å². The minimum Gasteiger partial charge on any atom is -0.317 e. The largest absolute Gasteiger partial charge is 0.324 e. The van der Waals surface area contributed by atoms with Crippen molar-refractivity contribution in [3.8, 4) is 0 Å². The number of nitrogens with one attached hydrogen (secondary N) is 1. The highest BCUT2D eigenvalue weighted by Gasteiger charge is 2.27. The Morgan fingerprint density at radius 3 is 2.95 bits per heavy atom. The summed E-state index contributed by atoms with van der Waals surface area (Å²) in [4.78, 5) is 14.3. The van der Waals surface area contributed by atoms with E-state index in [0.717, 1.165) is 15.9 Å². The Hall–Kier alpha value is -1.47. The molecule has 2 amide bonds. The van der Waals surface area contributed by atoms with Crippen molar-refractivity contribution in [2.45, 2.75) is 32.9 Å².